The molecule has 0 aliphatic heterocycles. The molecule has 0 atom stereocenters. The van der Waals surface area contributed by atoms with E-state index < -0.39 is 0 Å². The minimum absolute atomic E-state index is 0.879. The lowest BCUT2D eigenvalue weighted by molar-refractivity contribution is 0.912. The van der Waals surface area contributed by atoms with E-state index in [1.165, 1.54) is 52.4 Å². The molecule has 0 saturated carbocycles. The molecule has 0 amide bonds. The number of benzene rings is 3. The first-order valence-corrected chi connectivity index (χ1v) is 7.72. The quantitative estimate of drug-likeness (QED) is 0.712. The van der Waals surface area contributed by atoms with E-state index in [0.29, 0.717) is 0 Å². The van der Waals surface area contributed by atoms with Gasteiger partial charge in [-0.05, 0) is 64.9 Å². The van der Waals surface area contributed by atoms with Gasteiger partial charge in [-0.25, -0.2) is 0 Å². The van der Waals surface area contributed by atoms with Gasteiger partial charge in [-0.15, -0.1) is 0 Å². The Kier molecular flexibility index (Phi) is 3.11. The summed E-state index contributed by atoms with van der Waals surface area (Å²) in [6.07, 6.45) is 3.80. The lowest BCUT2D eigenvalue weighted by Crippen LogP contribution is -2.00. The normalized spacial score (nSPS) is 13.3. The molecule has 104 valence electrons. The van der Waals surface area contributed by atoms with Crippen molar-refractivity contribution in [2.24, 2.45) is 0 Å². The second-order valence-electron chi connectivity index (χ2n) is 5.87. The second kappa shape index (κ2) is 5.25. The van der Waals surface area contributed by atoms with Gasteiger partial charge in [0.1, 0.15) is 0 Å². The minimum Gasteiger partial charge on any atom is -0.381 e. The number of fused-ring (bicyclic) bond motifs is 2. The number of rotatable bonds is 3. The highest BCUT2D eigenvalue weighted by Crippen LogP contribution is 2.25. The zero-order valence-electron chi connectivity index (χ0n) is 12.1. The molecule has 21 heavy (non-hydrogen) atoms. The average molecular weight is 273 g/mol. The third-order valence-corrected chi connectivity index (χ3v) is 4.41. The Morgan fingerprint density at radius 2 is 1.62 bits per heavy atom. The molecule has 1 nitrogen and oxygen atoms in total. The van der Waals surface area contributed by atoms with Crippen molar-refractivity contribution in [3.05, 3.63) is 77.4 Å². The predicted octanol–water partition coefficient (Wildman–Crippen LogP) is 4.94. The van der Waals surface area contributed by atoms with Crippen LogP contribution < -0.4 is 5.32 Å². The first-order valence-electron chi connectivity index (χ1n) is 7.72. The van der Waals surface area contributed by atoms with Crippen molar-refractivity contribution in [3.8, 4) is 0 Å². The van der Waals surface area contributed by atoms with E-state index in [1.807, 2.05) is 0 Å². The van der Waals surface area contributed by atoms with Gasteiger partial charge in [0.05, 0.1) is 0 Å². The molecule has 1 N–H and O–H groups in total. The van der Waals surface area contributed by atoms with E-state index in [9.17, 15) is 0 Å². The van der Waals surface area contributed by atoms with Crippen LogP contribution in [0, 0.1) is 0 Å². The summed E-state index contributed by atoms with van der Waals surface area (Å²) in [5.74, 6) is 0. The zero-order chi connectivity index (χ0) is 14.1. The summed E-state index contributed by atoms with van der Waals surface area (Å²) in [6, 6.07) is 22.0. The topological polar surface area (TPSA) is 12.0 Å². The van der Waals surface area contributed by atoms with E-state index in [1.54, 1.807) is 0 Å². The van der Waals surface area contributed by atoms with Crippen LogP contribution in [-0.2, 0) is 19.4 Å². The van der Waals surface area contributed by atoms with Crippen molar-refractivity contribution in [1.29, 1.82) is 0 Å². The van der Waals surface area contributed by atoms with Gasteiger partial charge in [0.25, 0.3) is 0 Å². The van der Waals surface area contributed by atoms with Crippen molar-refractivity contribution in [3.63, 3.8) is 0 Å². The first kappa shape index (κ1) is 12.5. The molecule has 0 spiro atoms. The van der Waals surface area contributed by atoms with Gasteiger partial charge in [-0.3, -0.25) is 0 Å². The molecule has 1 heteroatoms. The first-order chi connectivity index (χ1) is 10.4. The fourth-order valence-corrected chi connectivity index (χ4v) is 3.23. The summed E-state index contributed by atoms with van der Waals surface area (Å²) in [4.78, 5) is 0. The molecule has 0 radical (unpaired) electrons. The second-order valence-corrected chi connectivity index (χ2v) is 5.87. The van der Waals surface area contributed by atoms with Crippen LogP contribution in [0.25, 0.3) is 10.8 Å². The lowest BCUT2D eigenvalue weighted by Gasteiger charge is -2.09. The van der Waals surface area contributed by atoms with Gasteiger partial charge in [0.2, 0.25) is 0 Å². The molecule has 3 aromatic carbocycles. The zero-order valence-corrected chi connectivity index (χ0v) is 12.1. The van der Waals surface area contributed by atoms with Gasteiger partial charge in [0, 0.05) is 12.2 Å². The molecule has 0 saturated heterocycles. The lowest BCUT2D eigenvalue weighted by atomic mass is 10.1. The molecule has 0 heterocycles. The van der Waals surface area contributed by atoms with Crippen LogP contribution in [0.15, 0.2) is 60.7 Å². The summed E-state index contributed by atoms with van der Waals surface area (Å²) in [7, 11) is 0. The highest BCUT2D eigenvalue weighted by Gasteiger charge is 2.10. The third kappa shape index (κ3) is 2.52. The van der Waals surface area contributed by atoms with Crippen LogP contribution >= 0.6 is 0 Å². The number of hydrogen-bond donors (Lipinski definition) is 1. The summed E-state index contributed by atoms with van der Waals surface area (Å²) >= 11 is 0. The molecule has 0 aromatic heterocycles. The van der Waals surface area contributed by atoms with Crippen LogP contribution in [-0.4, -0.2) is 0 Å². The summed E-state index contributed by atoms with van der Waals surface area (Å²) in [6.45, 7) is 0.879. The number of aryl methyl sites for hydroxylation is 2. The summed E-state index contributed by atoms with van der Waals surface area (Å²) < 4.78 is 0. The maximum Gasteiger partial charge on any atom is 0.0401 e. The monoisotopic (exact) mass is 273 g/mol. The molecule has 1 aliphatic carbocycles. The van der Waals surface area contributed by atoms with Crippen LogP contribution in [0.2, 0.25) is 0 Å². The van der Waals surface area contributed by atoms with Crippen LogP contribution in [0.3, 0.4) is 0 Å². The standard InChI is InChI=1S/C20H19N/c1-2-5-18-12-15(8-9-16(18)4-1)14-21-20-11-10-17-6-3-7-19(17)13-20/h1-2,4-5,8-13,21H,3,6-7,14H2. The van der Waals surface area contributed by atoms with Gasteiger partial charge < -0.3 is 5.32 Å². The molecular weight excluding hydrogens is 254 g/mol. The van der Waals surface area contributed by atoms with E-state index in [4.69, 9.17) is 0 Å². The molecule has 3 aromatic rings. The Morgan fingerprint density at radius 1 is 0.762 bits per heavy atom. The largest absolute Gasteiger partial charge is 0.381 e. The maximum atomic E-state index is 3.56. The Hall–Kier alpha value is -2.28. The molecule has 0 fully saturated rings. The van der Waals surface area contributed by atoms with Crippen LogP contribution in [0.4, 0.5) is 5.69 Å². The fraction of sp³-hybridized carbons (Fsp3) is 0.200. The Morgan fingerprint density at radius 3 is 2.57 bits per heavy atom. The highest BCUT2D eigenvalue weighted by molar-refractivity contribution is 5.83. The molecule has 1 aliphatic rings. The smallest absolute Gasteiger partial charge is 0.0401 e. The number of nitrogens with one attached hydrogen (secondary N) is 1. The Bertz CT molecular complexity index is 789. The molecule has 0 bridgehead atoms. The highest BCUT2D eigenvalue weighted by atomic mass is 14.9. The fourth-order valence-electron chi connectivity index (χ4n) is 3.23. The van der Waals surface area contributed by atoms with Crippen LogP contribution in [0.5, 0.6) is 0 Å². The summed E-state index contributed by atoms with van der Waals surface area (Å²) in [5.41, 5.74) is 5.63. The van der Waals surface area contributed by atoms with Crippen LogP contribution in [0.1, 0.15) is 23.1 Å². The maximum absolute atomic E-state index is 3.56. The Labute approximate surface area is 125 Å². The molecular formula is C20H19N. The van der Waals surface area contributed by atoms with Crippen molar-refractivity contribution in [2.75, 3.05) is 5.32 Å². The molecule has 4 rings (SSSR count). The van der Waals surface area contributed by atoms with Gasteiger partial charge in [-0.1, -0.05) is 42.5 Å². The van der Waals surface area contributed by atoms with Gasteiger partial charge >= 0.3 is 0 Å². The van der Waals surface area contributed by atoms with Crippen molar-refractivity contribution in [2.45, 2.75) is 25.8 Å². The van der Waals surface area contributed by atoms with E-state index in [2.05, 4.69) is 66.0 Å². The predicted molar refractivity (Wildman–Crippen MR) is 89.7 cm³/mol. The van der Waals surface area contributed by atoms with Crippen molar-refractivity contribution in [1.82, 2.24) is 0 Å². The Balaban J connectivity index is 1.52. The van der Waals surface area contributed by atoms with Crippen molar-refractivity contribution < 1.29 is 0 Å². The van der Waals surface area contributed by atoms with E-state index in [-0.39, 0.29) is 0 Å². The molecule has 0 unspecified atom stereocenters. The van der Waals surface area contributed by atoms with E-state index in [0.717, 1.165) is 6.54 Å². The van der Waals surface area contributed by atoms with Crippen molar-refractivity contribution >= 4 is 16.5 Å². The number of hydrogen-bond acceptors (Lipinski definition) is 1. The van der Waals surface area contributed by atoms with Gasteiger partial charge in [-0.2, -0.15) is 0 Å². The van der Waals surface area contributed by atoms with Gasteiger partial charge in [0.15, 0.2) is 0 Å². The average Bonchev–Trinajstić information content (AvgIpc) is 3.00. The minimum atomic E-state index is 0.879. The SMILES string of the molecule is c1ccc2cc(CNc3ccc4c(c3)CCC4)ccc2c1. The summed E-state index contributed by atoms with van der Waals surface area (Å²) in [5, 5.41) is 6.17. The third-order valence-electron chi connectivity index (χ3n) is 4.41. The van der Waals surface area contributed by atoms with E-state index >= 15 is 0 Å². The number of anilines is 1.